The summed E-state index contributed by atoms with van der Waals surface area (Å²) in [5.41, 5.74) is 2.58. The van der Waals surface area contributed by atoms with E-state index < -0.39 is 0 Å². The van der Waals surface area contributed by atoms with Crippen LogP contribution in [0.2, 0.25) is 0 Å². The van der Waals surface area contributed by atoms with Crippen LogP contribution in [0.1, 0.15) is 31.2 Å². The monoisotopic (exact) mass is 221 g/mol. The molecule has 2 rings (SSSR count). The summed E-state index contributed by atoms with van der Waals surface area (Å²) in [5.74, 6) is 1.75. The third-order valence-corrected chi connectivity index (χ3v) is 3.80. The lowest BCUT2D eigenvalue weighted by atomic mass is 9.71. The Kier molecular flexibility index (Phi) is 3.64. The summed E-state index contributed by atoms with van der Waals surface area (Å²) in [6, 6.07) is 2.25. The predicted octanol–water partition coefficient (Wildman–Crippen LogP) is 2.00. The highest BCUT2D eigenvalue weighted by Gasteiger charge is 2.30. The summed E-state index contributed by atoms with van der Waals surface area (Å²) in [4.78, 5) is 0. The number of hydrogen-bond acceptors (Lipinski definition) is 2. The van der Waals surface area contributed by atoms with Gasteiger partial charge in [-0.1, -0.05) is 0 Å². The van der Waals surface area contributed by atoms with E-state index in [0.717, 1.165) is 24.1 Å². The molecule has 1 aromatic heterocycles. The van der Waals surface area contributed by atoms with Crippen molar-refractivity contribution in [2.24, 2.45) is 11.8 Å². The molecule has 0 saturated heterocycles. The summed E-state index contributed by atoms with van der Waals surface area (Å²) in [5, 5.41) is 7.81. The molecule has 1 fully saturated rings. The van der Waals surface area contributed by atoms with Gasteiger partial charge in [0.05, 0.1) is 5.69 Å². The van der Waals surface area contributed by atoms with Crippen LogP contribution < -0.4 is 5.32 Å². The standard InChI is InChI=1S/C13H23N3/c1-4-16-13(7-10(2)15-16)8-11-5-6-12(11)9-14-3/h7,11-12,14H,4-6,8-9H2,1-3H3. The molecule has 1 saturated carbocycles. The van der Waals surface area contributed by atoms with E-state index in [2.05, 4.69) is 42.1 Å². The normalized spacial score (nSPS) is 24.4. The van der Waals surface area contributed by atoms with E-state index in [1.54, 1.807) is 0 Å². The van der Waals surface area contributed by atoms with Gasteiger partial charge in [-0.2, -0.15) is 5.10 Å². The average Bonchev–Trinajstić information content (AvgIpc) is 2.61. The maximum atomic E-state index is 4.51. The lowest BCUT2D eigenvalue weighted by Crippen LogP contribution is -2.35. The summed E-state index contributed by atoms with van der Waals surface area (Å²) >= 11 is 0. The Morgan fingerprint density at radius 1 is 1.44 bits per heavy atom. The number of aryl methyl sites for hydroxylation is 2. The Balaban J connectivity index is 1.98. The second-order valence-corrected chi connectivity index (χ2v) is 4.95. The lowest BCUT2D eigenvalue weighted by molar-refractivity contribution is 0.171. The van der Waals surface area contributed by atoms with Crippen molar-refractivity contribution in [1.29, 1.82) is 0 Å². The van der Waals surface area contributed by atoms with Crippen molar-refractivity contribution >= 4 is 0 Å². The molecule has 0 radical (unpaired) electrons. The molecule has 0 aliphatic heterocycles. The van der Waals surface area contributed by atoms with Crippen molar-refractivity contribution in [2.45, 2.75) is 39.7 Å². The van der Waals surface area contributed by atoms with Crippen LogP contribution in [-0.2, 0) is 13.0 Å². The molecule has 16 heavy (non-hydrogen) atoms. The maximum absolute atomic E-state index is 4.51. The van der Waals surface area contributed by atoms with Gasteiger partial charge < -0.3 is 5.32 Å². The van der Waals surface area contributed by atoms with Gasteiger partial charge in [0.15, 0.2) is 0 Å². The smallest absolute Gasteiger partial charge is 0.0596 e. The van der Waals surface area contributed by atoms with Crippen molar-refractivity contribution in [3.63, 3.8) is 0 Å². The van der Waals surface area contributed by atoms with Gasteiger partial charge in [0.2, 0.25) is 0 Å². The van der Waals surface area contributed by atoms with Gasteiger partial charge in [-0.05, 0) is 64.6 Å². The molecule has 3 heteroatoms. The minimum Gasteiger partial charge on any atom is -0.319 e. The van der Waals surface area contributed by atoms with Gasteiger partial charge in [0.1, 0.15) is 0 Å². The van der Waals surface area contributed by atoms with E-state index >= 15 is 0 Å². The van der Waals surface area contributed by atoms with E-state index in [-0.39, 0.29) is 0 Å². The molecule has 1 aliphatic carbocycles. The van der Waals surface area contributed by atoms with Crippen LogP contribution in [0.15, 0.2) is 6.07 Å². The number of nitrogens with zero attached hydrogens (tertiary/aromatic N) is 2. The van der Waals surface area contributed by atoms with Crippen LogP contribution in [0.4, 0.5) is 0 Å². The van der Waals surface area contributed by atoms with E-state index in [9.17, 15) is 0 Å². The molecule has 2 unspecified atom stereocenters. The molecule has 0 aromatic carbocycles. The van der Waals surface area contributed by atoms with Gasteiger partial charge in [0, 0.05) is 12.2 Å². The zero-order valence-electron chi connectivity index (χ0n) is 10.7. The van der Waals surface area contributed by atoms with E-state index in [1.165, 1.54) is 31.5 Å². The Labute approximate surface area is 98.2 Å². The summed E-state index contributed by atoms with van der Waals surface area (Å²) in [6.07, 6.45) is 3.99. The molecule has 3 nitrogen and oxygen atoms in total. The molecule has 0 bridgehead atoms. The lowest BCUT2D eigenvalue weighted by Gasteiger charge is -2.36. The molecule has 1 heterocycles. The first kappa shape index (κ1) is 11.6. The molecular formula is C13H23N3. The topological polar surface area (TPSA) is 29.9 Å². The number of hydrogen-bond donors (Lipinski definition) is 1. The van der Waals surface area contributed by atoms with Crippen LogP contribution in [0, 0.1) is 18.8 Å². The van der Waals surface area contributed by atoms with Crippen molar-refractivity contribution in [3.05, 3.63) is 17.5 Å². The Bertz CT molecular complexity index is 343. The molecular weight excluding hydrogens is 198 g/mol. The fourth-order valence-corrected chi connectivity index (χ4v) is 2.74. The third kappa shape index (κ3) is 2.29. The van der Waals surface area contributed by atoms with Gasteiger partial charge in [-0.3, -0.25) is 4.68 Å². The fourth-order valence-electron chi connectivity index (χ4n) is 2.74. The van der Waals surface area contributed by atoms with E-state index in [0.29, 0.717) is 0 Å². The largest absolute Gasteiger partial charge is 0.319 e. The molecule has 2 atom stereocenters. The molecule has 0 amide bonds. The van der Waals surface area contributed by atoms with Gasteiger partial charge >= 0.3 is 0 Å². The fraction of sp³-hybridized carbons (Fsp3) is 0.769. The van der Waals surface area contributed by atoms with Gasteiger partial charge in [-0.25, -0.2) is 0 Å². The number of rotatable bonds is 5. The Morgan fingerprint density at radius 3 is 2.75 bits per heavy atom. The molecule has 1 N–H and O–H groups in total. The summed E-state index contributed by atoms with van der Waals surface area (Å²) < 4.78 is 2.16. The quantitative estimate of drug-likeness (QED) is 0.824. The van der Waals surface area contributed by atoms with Gasteiger partial charge in [0.25, 0.3) is 0 Å². The zero-order valence-corrected chi connectivity index (χ0v) is 10.7. The van der Waals surface area contributed by atoms with Crippen LogP contribution in [0.3, 0.4) is 0 Å². The second kappa shape index (κ2) is 5.00. The highest BCUT2D eigenvalue weighted by atomic mass is 15.3. The molecule has 1 aromatic rings. The van der Waals surface area contributed by atoms with E-state index in [1.807, 2.05) is 0 Å². The molecule has 0 spiro atoms. The minimum atomic E-state index is 0.869. The zero-order chi connectivity index (χ0) is 11.5. The Hall–Kier alpha value is -0.830. The first-order valence-corrected chi connectivity index (χ1v) is 6.42. The molecule has 1 aliphatic rings. The predicted molar refractivity (Wildman–Crippen MR) is 66.5 cm³/mol. The van der Waals surface area contributed by atoms with Crippen molar-refractivity contribution in [2.75, 3.05) is 13.6 Å². The van der Waals surface area contributed by atoms with Crippen LogP contribution in [0.5, 0.6) is 0 Å². The maximum Gasteiger partial charge on any atom is 0.0596 e. The minimum absolute atomic E-state index is 0.869. The van der Waals surface area contributed by atoms with Crippen molar-refractivity contribution in [1.82, 2.24) is 15.1 Å². The third-order valence-electron chi connectivity index (χ3n) is 3.80. The van der Waals surface area contributed by atoms with Crippen LogP contribution in [0.25, 0.3) is 0 Å². The Morgan fingerprint density at radius 2 is 2.19 bits per heavy atom. The summed E-state index contributed by atoms with van der Waals surface area (Å²) in [6.45, 7) is 6.42. The number of nitrogens with one attached hydrogen (secondary N) is 1. The average molecular weight is 221 g/mol. The molecule has 90 valence electrons. The van der Waals surface area contributed by atoms with Crippen molar-refractivity contribution in [3.8, 4) is 0 Å². The van der Waals surface area contributed by atoms with Crippen molar-refractivity contribution < 1.29 is 0 Å². The van der Waals surface area contributed by atoms with Crippen LogP contribution >= 0.6 is 0 Å². The second-order valence-electron chi connectivity index (χ2n) is 4.95. The first-order chi connectivity index (χ1) is 7.74. The highest BCUT2D eigenvalue weighted by molar-refractivity contribution is 5.10. The first-order valence-electron chi connectivity index (χ1n) is 6.42. The SMILES string of the molecule is CCn1nc(C)cc1CC1CCC1CNC. The van der Waals surface area contributed by atoms with Gasteiger partial charge in [-0.15, -0.1) is 0 Å². The van der Waals surface area contributed by atoms with E-state index in [4.69, 9.17) is 0 Å². The highest BCUT2D eigenvalue weighted by Crippen LogP contribution is 2.36. The van der Waals surface area contributed by atoms with Crippen LogP contribution in [-0.4, -0.2) is 23.4 Å². The summed E-state index contributed by atoms with van der Waals surface area (Å²) in [7, 11) is 2.05. The number of aromatic nitrogens is 2.